The third kappa shape index (κ3) is 5.45. The molecular formula is C18H25N3O3. The Morgan fingerprint density at radius 3 is 2.71 bits per heavy atom. The molecule has 1 aromatic heterocycles. The van der Waals surface area contributed by atoms with E-state index >= 15 is 0 Å². The first kappa shape index (κ1) is 18.1. The molecule has 2 heterocycles. The highest BCUT2D eigenvalue weighted by Gasteiger charge is 2.34. The average molecular weight is 331 g/mol. The van der Waals surface area contributed by atoms with E-state index in [-0.39, 0.29) is 11.8 Å². The van der Waals surface area contributed by atoms with Gasteiger partial charge in [-0.05, 0) is 32.4 Å². The molecular weight excluding hydrogens is 306 g/mol. The minimum Gasteiger partial charge on any atom is -0.481 e. The van der Waals surface area contributed by atoms with Gasteiger partial charge in [0.25, 0.3) is 0 Å². The third-order valence-corrected chi connectivity index (χ3v) is 4.17. The van der Waals surface area contributed by atoms with Crippen molar-refractivity contribution in [2.24, 2.45) is 11.8 Å². The van der Waals surface area contributed by atoms with Gasteiger partial charge in [0.2, 0.25) is 5.91 Å². The third-order valence-electron chi connectivity index (χ3n) is 4.17. The summed E-state index contributed by atoms with van der Waals surface area (Å²) in [6.07, 6.45) is 4.13. The van der Waals surface area contributed by atoms with Crippen molar-refractivity contribution >= 4 is 11.9 Å². The van der Waals surface area contributed by atoms with Gasteiger partial charge in [0, 0.05) is 25.8 Å². The van der Waals surface area contributed by atoms with Crippen LogP contribution in [-0.4, -0.2) is 46.5 Å². The number of aromatic nitrogens is 1. The van der Waals surface area contributed by atoms with Crippen LogP contribution in [0.5, 0.6) is 0 Å². The number of hydrogen-bond acceptors (Lipinski definition) is 4. The molecule has 6 nitrogen and oxygen atoms in total. The Labute approximate surface area is 142 Å². The van der Waals surface area contributed by atoms with Crippen LogP contribution in [0.2, 0.25) is 0 Å². The standard InChI is InChI=1S/C18H25N3O3/c1-13(2)6-8-21-11-14(9-15(12-21)18(23)24)17(22)20-10-16-5-3-4-7-19-16/h3-7,14-15H,8-12H2,1-2H3,(H,20,22)(H,23,24)/t14-,15+/m1/s1. The van der Waals surface area contributed by atoms with Gasteiger partial charge < -0.3 is 10.4 Å². The zero-order chi connectivity index (χ0) is 17.5. The first-order valence-corrected chi connectivity index (χ1v) is 8.22. The second kappa shape index (κ2) is 8.59. The van der Waals surface area contributed by atoms with E-state index in [1.54, 1.807) is 6.20 Å². The van der Waals surface area contributed by atoms with Crippen molar-refractivity contribution in [2.75, 3.05) is 19.6 Å². The molecule has 2 rings (SSSR count). The molecule has 0 aromatic carbocycles. The Hall–Kier alpha value is -2.21. The Balaban J connectivity index is 1.96. The van der Waals surface area contributed by atoms with Gasteiger partial charge >= 0.3 is 5.97 Å². The number of piperidine rings is 1. The number of carboxylic acid groups (broad SMARTS) is 1. The Bertz CT molecular complexity index is 597. The summed E-state index contributed by atoms with van der Waals surface area (Å²) in [5.41, 5.74) is 1.97. The average Bonchev–Trinajstić information content (AvgIpc) is 2.58. The molecule has 24 heavy (non-hydrogen) atoms. The van der Waals surface area contributed by atoms with Crippen molar-refractivity contribution in [3.8, 4) is 0 Å². The van der Waals surface area contributed by atoms with Crippen LogP contribution in [0.4, 0.5) is 0 Å². The number of nitrogens with one attached hydrogen (secondary N) is 1. The second-order valence-electron chi connectivity index (χ2n) is 6.51. The lowest BCUT2D eigenvalue weighted by atomic mass is 9.88. The maximum Gasteiger partial charge on any atom is 0.307 e. The van der Waals surface area contributed by atoms with Gasteiger partial charge in [-0.15, -0.1) is 0 Å². The lowest BCUT2D eigenvalue weighted by Gasteiger charge is -2.35. The summed E-state index contributed by atoms with van der Waals surface area (Å²) in [5, 5.41) is 12.2. The summed E-state index contributed by atoms with van der Waals surface area (Å²) in [6, 6.07) is 5.55. The van der Waals surface area contributed by atoms with Crippen LogP contribution in [0, 0.1) is 11.8 Å². The Kier molecular flexibility index (Phi) is 6.49. The van der Waals surface area contributed by atoms with Crippen molar-refractivity contribution in [1.29, 1.82) is 0 Å². The number of nitrogens with zero attached hydrogens (tertiary/aromatic N) is 2. The van der Waals surface area contributed by atoms with Gasteiger partial charge in [0.05, 0.1) is 24.1 Å². The summed E-state index contributed by atoms with van der Waals surface area (Å²) in [6.45, 7) is 6.13. The highest BCUT2D eigenvalue weighted by Crippen LogP contribution is 2.22. The van der Waals surface area contributed by atoms with E-state index in [2.05, 4.69) is 16.4 Å². The summed E-state index contributed by atoms with van der Waals surface area (Å²) in [5.74, 6) is -1.75. The predicted molar refractivity (Wildman–Crippen MR) is 91.2 cm³/mol. The molecule has 2 N–H and O–H groups in total. The van der Waals surface area contributed by atoms with E-state index in [4.69, 9.17) is 0 Å². The van der Waals surface area contributed by atoms with Gasteiger partial charge in [-0.1, -0.05) is 17.7 Å². The predicted octanol–water partition coefficient (Wildman–Crippen LogP) is 1.69. The molecule has 1 aliphatic rings. The number of carbonyl (C=O) groups is 2. The lowest BCUT2D eigenvalue weighted by Crippen LogP contribution is -2.48. The van der Waals surface area contributed by atoms with Crippen LogP contribution >= 0.6 is 0 Å². The van der Waals surface area contributed by atoms with Crippen LogP contribution < -0.4 is 5.32 Å². The molecule has 0 unspecified atom stereocenters. The summed E-state index contributed by atoms with van der Waals surface area (Å²) >= 11 is 0. The smallest absolute Gasteiger partial charge is 0.307 e. The minimum atomic E-state index is -0.834. The summed E-state index contributed by atoms with van der Waals surface area (Å²) < 4.78 is 0. The maximum atomic E-state index is 12.4. The topological polar surface area (TPSA) is 82.5 Å². The molecule has 0 bridgehead atoms. The summed E-state index contributed by atoms with van der Waals surface area (Å²) in [4.78, 5) is 30.1. The molecule has 6 heteroatoms. The Morgan fingerprint density at radius 2 is 2.08 bits per heavy atom. The van der Waals surface area contributed by atoms with Crippen LogP contribution in [0.15, 0.2) is 36.0 Å². The fourth-order valence-corrected chi connectivity index (χ4v) is 2.84. The second-order valence-corrected chi connectivity index (χ2v) is 6.51. The molecule has 1 aliphatic heterocycles. The largest absolute Gasteiger partial charge is 0.481 e. The first-order valence-electron chi connectivity index (χ1n) is 8.22. The molecule has 0 spiro atoms. The molecule has 1 aromatic rings. The van der Waals surface area contributed by atoms with Crippen molar-refractivity contribution in [3.05, 3.63) is 41.7 Å². The zero-order valence-corrected chi connectivity index (χ0v) is 14.2. The molecule has 0 aliphatic carbocycles. The number of amides is 1. The number of likely N-dealkylation sites (tertiary alicyclic amines) is 1. The van der Waals surface area contributed by atoms with E-state index in [0.29, 0.717) is 32.6 Å². The highest BCUT2D eigenvalue weighted by atomic mass is 16.4. The normalized spacial score (nSPS) is 21.1. The SMILES string of the molecule is CC(C)=CCN1C[C@@H](C(=O)O)C[C@@H](C(=O)NCc2ccccn2)C1. The van der Waals surface area contributed by atoms with Gasteiger partial charge in [-0.2, -0.15) is 0 Å². The van der Waals surface area contributed by atoms with Crippen molar-refractivity contribution in [1.82, 2.24) is 15.2 Å². The van der Waals surface area contributed by atoms with E-state index < -0.39 is 11.9 Å². The fourth-order valence-electron chi connectivity index (χ4n) is 2.84. The Morgan fingerprint density at radius 1 is 1.33 bits per heavy atom. The quantitative estimate of drug-likeness (QED) is 0.775. The molecule has 1 fully saturated rings. The van der Waals surface area contributed by atoms with Crippen molar-refractivity contribution in [3.63, 3.8) is 0 Å². The number of rotatable bonds is 6. The molecule has 130 valence electrons. The number of hydrogen-bond donors (Lipinski definition) is 2. The van der Waals surface area contributed by atoms with Crippen LogP contribution in [0.1, 0.15) is 26.0 Å². The minimum absolute atomic E-state index is 0.103. The van der Waals surface area contributed by atoms with Crippen LogP contribution in [0.3, 0.4) is 0 Å². The number of allylic oxidation sites excluding steroid dienone is 1. The number of aliphatic carboxylic acids is 1. The number of pyridine rings is 1. The van der Waals surface area contributed by atoms with Gasteiger partial charge in [0.1, 0.15) is 0 Å². The van der Waals surface area contributed by atoms with E-state index in [1.165, 1.54) is 5.57 Å². The monoisotopic (exact) mass is 331 g/mol. The fraction of sp³-hybridized carbons (Fsp3) is 0.500. The molecule has 0 radical (unpaired) electrons. The van der Waals surface area contributed by atoms with Gasteiger partial charge in [-0.25, -0.2) is 0 Å². The van der Waals surface area contributed by atoms with Crippen LogP contribution in [-0.2, 0) is 16.1 Å². The lowest BCUT2D eigenvalue weighted by molar-refractivity contribution is -0.145. The van der Waals surface area contributed by atoms with Crippen LogP contribution in [0.25, 0.3) is 0 Å². The molecule has 1 saturated heterocycles. The van der Waals surface area contributed by atoms with Gasteiger partial charge in [0.15, 0.2) is 0 Å². The van der Waals surface area contributed by atoms with E-state index in [9.17, 15) is 14.7 Å². The van der Waals surface area contributed by atoms with E-state index in [0.717, 1.165) is 5.69 Å². The molecule has 0 saturated carbocycles. The first-order chi connectivity index (χ1) is 11.5. The zero-order valence-electron chi connectivity index (χ0n) is 14.2. The summed E-state index contributed by atoms with van der Waals surface area (Å²) in [7, 11) is 0. The molecule has 1 amide bonds. The number of carbonyl (C=O) groups excluding carboxylic acids is 1. The van der Waals surface area contributed by atoms with Gasteiger partial charge in [-0.3, -0.25) is 19.5 Å². The number of carboxylic acids is 1. The molecule has 2 atom stereocenters. The van der Waals surface area contributed by atoms with E-state index in [1.807, 2.05) is 36.9 Å². The maximum absolute atomic E-state index is 12.4. The highest BCUT2D eigenvalue weighted by molar-refractivity contribution is 5.80. The van der Waals surface area contributed by atoms with Crippen molar-refractivity contribution in [2.45, 2.75) is 26.8 Å². The van der Waals surface area contributed by atoms with Crippen molar-refractivity contribution < 1.29 is 14.7 Å².